The van der Waals surface area contributed by atoms with Crippen molar-refractivity contribution in [2.75, 3.05) is 27.9 Å². The minimum atomic E-state index is -0.745. The molecule has 3 atom stereocenters. The molecule has 11 nitrogen and oxygen atoms in total. The Morgan fingerprint density at radius 2 is 1.74 bits per heavy atom. The van der Waals surface area contributed by atoms with Gasteiger partial charge in [0, 0.05) is 12.8 Å². The third-order valence-corrected chi connectivity index (χ3v) is 5.72. The molecular weight excluding hydrogens is 458 g/mol. The number of aromatic nitrogens is 2. The SMILES string of the molecule is CCOc1cc([C@H]2C[C@H](OC(C)=O)CC[C@H]2NOC(=O)c2c(OC)ncnc2OC)ccc1OC. The predicted octanol–water partition coefficient (Wildman–Crippen LogP) is 2.83. The fraction of sp³-hybridized carbons (Fsp3) is 0.500. The van der Waals surface area contributed by atoms with E-state index in [4.69, 9.17) is 28.5 Å². The highest BCUT2D eigenvalue weighted by Gasteiger charge is 2.35. The zero-order valence-corrected chi connectivity index (χ0v) is 20.5. The molecule has 1 aromatic heterocycles. The van der Waals surface area contributed by atoms with Crippen LogP contribution in [0.4, 0.5) is 0 Å². The third-order valence-electron chi connectivity index (χ3n) is 5.72. The summed E-state index contributed by atoms with van der Waals surface area (Å²) in [5, 5.41) is 0. The Hall–Kier alpha value is -3.60. The summed E-state index contributed by atoms with van der Waals surface area (Å²) in [5.41, 5.74) is 3.80. The van der Waals surface area contributed by atoms with Crippen molar-refractivity contribution in [3.8, 4) is 23.3 Å². The van der Waals surface area contributed by atoms with Crippen molar-refractivity contribution < 1.29 is 38.1 Å². The van der Waals surface area contributed by atoms with E-state index in [0.717, 1.165) is 5.56 Å². The van der Waals surface area contributed by atoms with E-state index in [1.54, 1.807) is 7.11 Å². The molecule has 0 spiro atoms. The molecule has 1 aliphatic rings. The number of rotatable bonds is 10. The van der Waals surface area contributed by atoms with Crippen molar-refractivity contribution in [3.05, 3.63) is 35.7 Å². The molecule has 0 amide bonds. The molecule has 0 saturated heterocycles. The van der Waals surface area contributed by atoms with Crippen molar-refractivity contribution in [3.63, 3.8) is 0 Å². The van der Waals surface area contributed by atoms with Crippen LogP contribution >= 0.6 is 0 Å². The molecule has 2 aromatic rings. The maximum absolute atomic E-state index is 12.9. The molecule has 35 heavy (non-hydrogen) atoms. The van der Waals surface area contributed by atoms with Crippen LogP contribution in [0.5, 0.6) is 23.3 Å². The van der Waals surface area contributed by atoms with Crippen LogP contribution in [0.15, 0.2) is 24.5 Å². The van der Waals surface area contributed by atoms with E-state index in [1.165, 1.54) is 27.5 Å². The number of hydrogen-bond donors (Lipinski definition) is 1. The minimum absolute atomic E-state index is 0.0294. The summed E-state index contributed by atoms with van der Waals surface area (Å²) in [7, 11) is 4.35. The number of nitrogens with one attached hydrogen (secondary N) is 1. The topological polar surface area (TPSA) is 127 Å². The number of nitrogens with zero attached hydrogens (tertiary/aromatic N) is 2. The maximum atomic E-state index is 12.9. The van der Waals surface area contributed by atoms with Crippen molar-refractivity contribution in [1.82, 2.24) is 15.4 Å². The first-order valence-corrected chi connectivity index (χ1v) is 11.3. The molecule has 0 bridgehead atoms. The summed E-state index contributed by atoms with van der Waals surface area (Å²) in [6.07, 6.45) is 2.71. The lowest BCUT2D eigenvalue weighted by Gasteiger charge is -2.36. The number of methoxy groups -OCH3 is 3. The van der Waals surface area contributed by atoms with Crippen molar-refractivity contribution in [1.29, 1.82) is 0 Å². The molecule has 1 aromatic carbocycles. The first-order chi connectivity index (χ1) is 16.9. The molecule has 1 aliphatic carbocycles. The minimum Gasteiger partial charge on any atom is -0.493 e. The normalized spacial score (nSPS) is 19.4. The fourth-order valence-corrected chi connectivity index (χ4v) is 4.19. The molecule has 11 heteroatoms. The summed E-state index contributed by atoms with van der Waals surface area (Å²) in [4.78, 5) is 37.8. The van der Waals surface area contributed by atoms with Gasteiger partial charge in [0.2, 0.25) is 11.8 Å². The molecule has 190 valence electrons. The summed E-state index contributed by atoms with van der Waals surface area (Å²) in [5.74, 6) is 0.0628. The van der Waals surface area contributed by atoms with E-state index in [-0.39, 0.29) is 41.4 Å². The molecule has 1 saturated carbocycles. The number of benzene rings is 1. The number of hydroxylamine groups is 1. The summed E-state index contributed by atoms with van der Waals surface area (Å²) >= 11 is 0. The van der Waals surface area contributed by atoms with E-state index in [9.17, 15) is 9.59 Å². The van der Waals surface area contributed by atoms with E-state index in [1.807, 2.05) is 25.1 Å². The van der Waals surface area contributed by atoms with Crippen LogP contribution in [0.25, 0.3) is 0 Å². The molecule has 3 rings (SSSR count). The van der Waals surface area contributed by atoms with Crippen LogP contribution in [-0.2, 0) is 14.4 Å². The van der Waals surface area contributed by atoms with Crippen molar-refractivity contribution in [2.45, 2.75) is 51.2 Å². The van der Waals surface area contributed by atoms with E-state index in [0.29, 0.717) is 37.4 Å². The molecular formula is C24H31N3O8. The summed E-state index contributed by atoms with van der Waals surface area (Å²) in [6.45, 7) is 3.76. The van der Waals surface area contributed by atoms with Crippen molar-refractivity contribution in [2.24, 2.45) is 0 Å². The Bertz CT molecular complexity index is 1010. The van der Waals surface area contributed by atoms with Gasteiger partial charge in [0.25, 0.3) is 0 Å². The quantitative estimate of drug-likeness (QED) is 0.391. The second-order valence-corrected chi connectivity index (χ2v) is 7.88. The van der Waals surface area contributed by atoms with Crippen molar-refractivity contribution >= 4 is 11.9 Å². The van der Waals surface area contributed by atoms with Gasteiger partial charge in [-0.1, -0.05) is 6.07 Å². The highest BCUT2D eigenvalue weighted by atomic mass is 16.7. The van der Waals surface area contributed by atoms with Gasteiger partial charge >= 0.3 is 11.9 Å². The summed E-state index contributed by atoms with van der Waals surface area (Å²) in [6, 6.07) is 5.39. The Labute approximate surface area is 204 Å². The third kappa shape index (κ3) is 6.30. The second kappa shape index (κ2) is 12.2. The highest BCUT2D eigenvalue weighted by molar-refractivity contribution is 5.94. The lowest BCUT2D eigenvalue weighted by molar-refractivity contribution is -0.148. The van der Waals surface area contributed by atoms with Gasteiger partial charge in [-0.15, -0.1) is 5.48 Å². The smallest absolute Gasteiger partial charge is 0.367 e. The Morgan fingerprint density at radius 1 is 1.03 bits per heavy atom. The molecule has 0 radical (unpaired) electrons. The molecule has 1 fully saturated rings. The average Bonchev–Trinajstić information content (AvgIpc) is 2.86. The van der Waals surface area contributed by atoms with Crippen LogP contribution in [0.1, 0.15) is 54.9 Å². The maximum Gasteiger partial charge on any atom is 0.367 e. The number of esters is 1. The van der Waals surface area contributed by atoms with Crippen LogP contribution in [-0.4, -0.2) is 62.0 Å². The van der Waals surface area contributed by atoms with Crippen LogP contribution < -0.4 is 24.4 Å². The lowest BCUT2D eigenvalue weighted by Crippen LogP contribution is -2.42. The molecule has 1 heterocycles. The van der Waals surface area contributed by atoms with Crippen LogP contribution in [0, 0.1) is 0 Å². The standard InChI is InChI=1S/C24H31N3O8/c1-6-33-20-11-15(7-10-19(20)30-3)17-12-16(34-14(2)28)8-9-18(17)27-35-24(29)21-22(31-4)25-13-26-23(21)32-5/h7,10-11,13,16-18,27H,6,8-9,12H2,1-5H3/t16-,17-,18-/m1/s1. The average molecular weight is 490 g/mol. The first kappa shape index (κ1) is 26.0. The van der Waals surface area contributed by atoms with E-state index < -0.39 is 5.97 Å². The molecule has 0 aliphatic heterocycles. The van der Waals surface area contributed by atoms with Gasteiger partial charge in [-0.2, -0.15) is 0 Å². The molecule has 0 unspecified atom stereocenters. The lowest BCUT2D eigenvalue weighted by atomic mass is 9.79. The van der Waals surface area contributed by atoms with E-state index in [2.05, 4.69) is 15.4 Å². The Balaban J connectivity index is 1.84. The van der Waals surface area contributed by atoms with Gasteiger partial charge < -0.3 is 28.5 Å². The van der Waals surface area contributed by atoms with E-state index >= 15 is 0 Å². The van der Waals surface area contributed by atoms with Gasteiger partial charge in [0.05, 0.1) is 34.0 Å². The number of hydrogen-bond acceptors (Lipinski definition) is 11. The number of ether oxygens (including phenoxy) is 5. The zero-order valence-electron chi connectivity index (χ0n) is 20.5. The van der Waals surface area contributed by atoms with Gasteiger partial charge in [-0.25, -0.2) is 14.8 Å². The monoisotopic (exact) mass is 489 g/mol. The Morgan fingerprint density at radius 3 is 2.34 bits per heavy atom. The summed E-state index contributed by atoms with van der Waals surface area (Å²) < 4.78 is 27.0. The number of carbonyl (C=O) groups is 2. The largest absolute Gasteiger partial charge is 0.493 e. The zero-order chi connectivity index (χ0) is 25.4. The van der Waals surface area contributed by atoms with Crippen LogP contribution in [0.2, 0.25) is 0 Å². The Kier molecular flexibility index (Phi) is 9.07. The first-order valence-electron chi connectivity index (χ1n) is 11.3. The second-order valence-electron chi connectivity index (χ2n) is 7.88. The van der Waals surface area contributed by atoms with Gasteiger partial charge in [0.15, 0.2) is 17.1 Å². The highest BCUT2D eigenvalue weighted by Crippen LogP contribution is 2.39. The van der Waals surface area contributed by atoms with Gasteiger partial charge in [0.1, 0.15) is 12.4 Å². The van der Waals surface area contributed by atoms with Gasteiger partial charge in [-0.05, 0) is 43.9 Å². The molecule has 1 N–H and O–H groups in total. The van der Waals surface area contributed by atoms with Gasteiger partial charge in [-0.3, -0.25) is 4.79 Å². The van der Waals surface area contributed by atoms with Crippen LogP contribution in [0.3, 0.4) is 0 Å². The number of carbonyl (C=O) groups excluding carboxylic acids is 2. The predicted molar refractivity (Wildman–Crippen MR) is 124 cm³/mol. The fourth-order valence-electron chi connectivity index (χ4n) is 4.19.